The molecule has 0 saturated carbocycles. The summed E-state index contributed by atoms with van der Waals surface area (Å²) in [6, 6.07) is 4.49. The lowest BCUT2D eigenvalue weighted by Gasteiger charge is -2.17. The number of benzene rings is 1. The second kappa shape index (κ2) is 7.21. The lowest BCUT2D eigenvalue weighted by atomic mass is 10.1. The second-order valence-corrected chi connectivity index (χ2v) is 5.83. The number of rotatable bonds is 6. The number of nitrogens with two attached hydrogens (primary N) is 1. The molecule has 0 fully saturated rings. The van der Waals surface area contributed by atoms with Gasteiger partial charge in [-0.05, 0) is 23.8 Å². The minimum absolute atomic E-state index is 0.184. The van der Waals surface area contributed by atoms with Crippen molar-refractivity contribution in [2.45, 2.75) is 19.9 Å². The van der Waals surface area contributed by atoms with E-state index in [9.17, 15) is 4.39 Å². The maximum atomic E-state index is 13.7. The Morgan fingerprint density at radius 1 is 1.41 bits per heavy atom. The zero-order valence-corrected chi connectivity index (χ0v) is 11.6. The quantitative estimate of drug-likeness (QED) is 0.618. The van der Waals surface area contributed by atoms with Crippen LogP contribution in [0.15, 0.2) is 18.2 Å². The molecule has 0 radical (unpaired) electrons. The minimum Gasteiger partial charge on any atom is -0.271 e. The fourth-order valence-corrected chi connectivity index (χ4v) is 2.71. The van der Waals surface area contributed by atoms with Crippen molar-refractivity contribution in [1.82, 2.24) is 5.43 Å². The third-order valence-electron chi connectivity index (χ3n) is 2.27. The van der Waals surface area contributed by atoms with Gasteiger partial charge in [-0.25, -0.2) is 4.39 Å². The SMILES string of the molecule is CC(C)CSCC(NN)c1ccc(Cl)cc1F. The highest BCUT2D eigenvalue weighted by Crippen LogP contribution is 2.24. The first-order valence-electron chi connectivity index (χ1n) is 5.53. The van der Waals surface area contributed by atoms with E-state index in [1.807, 2.05) is 0 Å². The average molecular weight is 277 g/mol. The highest BCUT2D eigenvalue weighted by Gasteiger charge is 2.14. The molecule has 1 aromatic carbocycles. The van der Waals surface area contributed by atoms with E-state index in [4.69, 9.17) is 17.4 Å². The molecule has 0 aliphatic carbocycles. The molecule has 0 aliphatic rings. The van der Waals surface area contributed by atoms with E-state index in [-0.39, 0.29) is 11.9 Å². The van der Waals surface area contributed by atoms with Crippen molar-refractivity contribution in [2.75, 3.05) is 11.5 Å². The van der Waals surface area contributed by atoms with E-state index < -0.39 is 0 Å². The molecule has 0 spiro atoms. The van der Waals surface area contributed by atoms with E-state index in [0.29, 0.717) is 16.5 Å². The fourth-order valence-electron chi connectivity index (χ4n) is 1.43. The Labute approximate surface area is 111 Å². The van der Waals surface area contributed by atoms with E-state index in [0.717, 1.165) is 11.5 Å². The Kier molecular flexibility index (Phi) is 6.27. The number of halogens is 2. The third-order valence-corrected chi connectivity index (χ3v) is 3.98. The summed E-state index contributed by atoms with van der Waals surface area (Å²) < 4.78 is 13.7. The van der Waals surface area contributed by atoms with Crippen molar-refractivity contribution >= 4 is 23.4 Å². The average Bonchev–Trinajstić information content (AvgIpc) is 2.25. The van der Waals surface area contributed by atoms with Crippen LogP contribution >= 0.6 is 23.4 Å². The Bertz CT molecular complexity index is 360. The van der Waals surface area contributed by atoms with Crippen molar-refractivity contribution in [3.05, 3.63) is 34.6 Å². The smallest absolute Gasteiger partial charge is 0.129 e. The van der Waals surface area contributed by atoms with Gasteiger partial charge in [0.25, 0.3) is 0 Å². The Morgan fingerprint density at radius 3 is 2.65 bits per heavy atom. The summed E-state index contributed by atoms with van der Waals surface area (Å²) in [5.41, 5.74) is 3.21. The van der Waals surface area contributed by atoms with Crippen LogP contribution in [0.1, 0.15) is 25.5 Å². The van der Waals surface area contributed by atoms with Gasteiger partial charge in [-0.1, -0.05) is 31.5 Å². The molecule has 0 heterocycles. The van der Waals surface area contributed by atoms with Gasteiger partial charge in [-0.2, -0.15) is 11.8 Å². The van der Waals surface area contributed by atoms with E-state index >= 15 is 0 Å². The van der Waals surface area contributed by atoms with Gasteiger partial charge in [-0.3, -0.25) is 11.3 Å². The van der Waals surface area contributed by atoms with Gasteiger partial charge < -0.3 is 0 Å². The first-order chi connectivity index (χ1) is 8.04. The van der Waals surface area contributed by atoms with Gasteiger partial charge in [-0.15, -0.1) is 0 Å². The molecule has 1 atom stereocenters. The summed E-state index contributed by atoms with van der Waals surface area (Å²) in [5, 5.41) is 0.400. The fraction of sp³-hybridized carbons (Fsp3) is 0.500. The molecule has 1 rings (SSSR count). The molecular weight excluding hydrogens is 259 g/mol. The lowest BCUT2D eigenvalue weighted by Crippen LogP contribution is -2.30. The molecule has 1 aromatic rings. The van der Waals surface area contributed by atoms with Gasteiger partial charge in [0.2, 0.25) is 0 Å². The summed E-state index contributed by atoms with van der Waals surface area (Å²) in [7, 11) is 0. The van der Waals surface area contributed by atoms with Crippen LogP contribution in [0, 0.1) is 11.7 Å². The van der Waals surface area contributed by atoms with Crippen LogP contribution in [0.5, 0.6) is 0 Å². The molecule has 0 bridgehead atoms. The zero-order chi connectivity index (χ0) is 12.8. The lowest BCUT2D eigenvalue weighted by molar-refractivity contribution is 0.546. The minimum atomic E-state index is -0.314. The third kappa shape index (κ3) is 4.84. The second-order valence-electron chi connectivity index (χ2n) is 4.32. The van der Waals surface area contributed by atoms with Gasteiger partial charge in [0, 0.05) is 16.3 Å². The van der Waals surface area contributed by atoms with Crippen molar-refractivity contribution in [1.29, 1.82) is 0 Å². The van der Waals surface area contributed by atoms with Crippen molar-refractivity contribution in [3.8, 4) is 0 Å². The van der Waals surface area contributed by atoms with E-state index in [1.54, 1.807) is 23.9 Å². The normalized spacial score (nSPS) is 13.1. The predicted octanol–water partition coefficient (Wildman–Crippen LogP) is 3.37. The maximum absolute atomic E-state index is 13.7. The monoisotopic (exact) mass is 276 g/mol. The summed E-state index contributed by atoms with van der Waals surface area (Å²) in [6.45, 7) is 4.31. The van der Waals surface area contributed by atoms with Crippen LogP contribution in [0.3, 0.4) is 0 Å². The first-order valence-corrected chi connectivity index (χ1v) is 7.06. The van der Waals surface area contributed by atoms with Crippen LogP contribution in [0.2, 0.25) is 5.02 Å². The van der Waals surface area contributed by atoms with Crippen LogP contribution in [-0.2, 0) is 0 Å². The van der Waals surface area contributed by atoms with Crippen LogP contribution in [0.4, 0.5) is 4.39 Å². The zero-order valence-electron chi connectivity index (χ0n) is 10.0. The van der Waals surface area contributed by atoms with E-state index in [1.165, 1.54) is 6.07 Å². The Hall–Kier alpha value is -0.290. The number of hydrogen-bond acceptors (Lipinski definition) is 3. The molecule has 0 aromatic heterocycles. The molecular formula is C12H18ClFN2S. The molecule has 96 valence electrons. The molecule has 17 heavy (non-hydrogen) atoms. The van der Waals surface area contributed by atoms with Crippen molar-refractivity contribution in [2.24, 2.45) is 11.8 Å². The highest BCUT2D eigenvalue weighted by atomic mass is 35.5. The molecule has 0 saturated heterocycles. The van der Waals surface area contributed by atoms with Crippen molar-refractivity contribution < 1.29 is 4.39 Å². The predicted molar refractivity (Wildman–Crippen MR) is 73.6 cm³/mol. The van der Waals surface area contributed by atoms with Gasteiger partial charge in [0.15, 0.2) is 0 Å². The number of thioether (sulfide) groups is 1. The number of nitrogens with one attached hydrogen (secondary N) is 1. The molecule has 0 aliphatic heterocycles. The first kappa shape index (κ1) is 14.8. The molecule has 0 amide bonds. The summed E-state index contributed by atoms with van der Waals surface area (Å²) in [5.74, 6) is 7.55. The largest absolute Gasteiger partial charge is 0.271 e. The van der Waals surface area contributed by atoms with Crippen LogP contribution in [0.25, 0.3) is 0 Å². The van der Waals surface area contributed by atoms with Gasteiger partial charge in [0.05, 0.1) is 6.04 Å². The number of hydrogen-bond donors (Lipinski definition) is 2. The van der Waals surface area contributed by atoms with E-state index in [2.05, 4.69) is 19.3 Å². The molecule has 3 N–H and O–H groups in total. The van der Waals surface area contributed by atoms with Gasteiger partial charge in [0.1, 0.15) is 5.82 Å². The molecule has 1 unspecified atom stereocenters. The van der Waals surface area contributed by atoms with Crippen molar-refractivity contribution in [3.63, 3.8) is 0 Å². The summed E-state index contributed by atoms with van der Waals surface area (Å²) in [6.07, 6.45) is 0. The van der Waals surface area contributed by atoms with Gasteiger partial charge >= 0.3 is 0 Å². The number of hydrazine groups is 1. The molecule has 5 heteroatoms. The molecule has 2 nitrogen and oxygen atoms in total. The standard InChI is InChI=1S/C12H18ClFN2S/c1-8(2)6-17-7-12(16-15)10-4-3-9(13)5-11(10)14/h3-5,8,12,16H,6-7,15H2,1-2H3. The highest BCUT2D eigenvalue weighted by molar-refractivity contribution is 7.99. The Morgan fingerprint density at radius 2 is 2.12 bits per heavy atom. The summed E-state index contributed by atoms with van der Waals surface area (Å²) in [4.78, 5) is 0. The van der Waals surface area contributed by atoms with Crippen LogP contribution in [-0.4, -0.2) is 11.5 Å². The summed E-state index contributed by atoms with van der Waals surface area (Å²) >= 11 is 7.47. The topological polar surface area (TPSA) is 38.0 Å². The Balaban J connectivity index is 2.66. The van der Waals surface area contributed by atoms with Crippen LogP contribution < -0.4 is 11.3 Å². The maximum Gasteiger partial charge on any atom is 0.129 e.